The van der Waals surface area contributed by atoms with Gasteiger partial charge in [0.05, 0.1) is 16.8 Å². The zero-order valence-corrected chi connectivity index (χ0v) is 11.3. The van der Waals surface area contributed by atoms with Crippen molar-refractivity contribution in [2.75, 3.05) is 0 Å². The molecule has 0 atom stereocenters. The summed E-state index contributed by atoms with van der Waals surface area (Å²) in [6.45, 7) is 1.64. The molecule has 1 aromatic carbocycles. The second-order valence-electron chi connectivity index (χ2n) is 4.52. The molecule has 0 aliphatic heterocycles. The lowest BCUT2D eigenvalue weighted by Gasteiger charge is -2.09. The number of rotatable bonds is 3. The second kappa shape index (κ2) is 5.20. The van der Waals surface area contributed by atoms with E-state index in [1.807, 2.05) is 30.3 Å². The number of ether oxygens (including phenoxy) is 1. The molecule has 1 N–H and O–H groups in total. The van der Waals surface area contributed by atoms with E-state index in [0.29, 0.717) is 17.3 Å². The Kier molecular flexibility index (Phi) is 3.23. The summed E-state index contributed by atoms with van der Waals surface area (Å²) >= 11 is 0. The highest BCUT2D eigenvalue weighted by Gasteiger charge is 2.10. The number of fused-ring (bicyclic) bond motifs is 1. The van der Waals surface area contributed by atoms with Crippen molar-refractivity contribution >= 4 is 16.9 Å². The summed E-state index contributed by atoms with van der Waals surface area (Å²) in [6, 6.07) is 12.4. The first-order valence-corrected chi connectivity index (χ1v) is 6.38. The number of benzene rings is 1. The van der Waals surface area contributed by atoms with E-state index in [0.717, 1.165) is 10.9 Å². The van der Waals surface area contributed by atoms with Crippen LogP contribution in [-0.2, 0) is 0 Å². The normalized spacial score (nSPS) is 10.5. The highest BCUT2D eigenvalue weighted by Crippen LogP contribution is 2.28. The maximum atomic E-state index is 11.0. The molecular formula is C16H12N2O3. The Hall–Kier alpha value is -2.95. The molecule has 104 valence electrons. The van der Waals surface area contributed by atoms with E-state index in [-0.39, 0.29) is 5.56 Å². The molecule has 2 aromatic heterocycles. The van der Waals surface area contributed by atoms with Gasteiger partial charge in [-0.25, -0.2) is 9.78 Å². The quantitative estimate of drug-likeness (QED) is 0.795. The van der Waals surface area contributed by atoms with Crippen LogP contribution in [0, 0.1) is 6.92 Å². The van der Waals surface area contributed by atoms with Crippen molar-refractivity contribution in [2.24, 2.45) is 0 Å². The van der Waals surface area contributed by atoms with E-state index in [4.69, 9.17) is 9.84 Å². The molecule has 0 fully saturated rings. The third-order valence-electron chi connectivity index (χ3n) is 3.11. The molecule has 0 aliphatic carbocycles. The number of aromatic nitrogens is 2. The van der Waals surface area contributed by atoms with Crippen LogP contribution in [0.3, 0.4) is 0 Å². The fourth-order valence-electron chi connectivity index (χ4n) is 2.10. The van der Waals surface area contributed by atoms with Gasteiger partial charge in [0, 0.05) is 17.6 Å². The van der Waals surface area contributed by atoms with Crippen molar-refractivity contribution in [1.29, 1.82) is 0 Å². The van der Waals surface area contributed by atoms with Crippen molar-refractivity contribution in [1.82, 2.24) is 9.97 Å². The second-order valence-corrected chi connectivity index (χ2v) is 4.52. The first-order chi connectivity index (χ1) is 10.1. The van der Waals surface area contributed by atoms with Crippen LogP contribution in [0.1, 0.15) is 16.1 Å². The summed E-state index contributed by atoms with van der Waals surface area (Å²) in [5, 5.41) is 9.88. The SMILES string of the molecule is Cc1nc(Oc2cccc3ncccc23)ccc1C(=O)O. The lowest BCUT2D eigenvalue weighted by molar-refractivity contribution is 0.0695. The number of carboxylic acid groups (broad SMARTS) is 1. The molecule has 0 radical (unpaired) electrons. The van der Waals surface area contributed by atoms with E-state index < -0.39 is 5.97 Å². The molecule has 0 saturated carbocycles. The Morgan fingerprint density at radius 3 is 2.76 bits per heavy atom. The number of hydrogen-bond acceptors (Lipinski definition) is 4. The summed E-state index contributed by atoms with van der Waals surface area (Å²) in [5.41, 5.74) is 1.41. The number of aryl methyl sites for hydroxylation is 1. The van der Waals surface area contributed by atoms with E-state index in [2.05, 4.69) is 9.97 Å². The molecule has 0 amide bonds. The van der Waals surface area contributed by atoms with E-state index in [9.17, 15) is 4.79 Å². The van der Waals surface area contributed by atoms with E-state index in [1.54, 1.807) is 19.2 Å². The molecule has 0 spiro atoms. The average molecular weight is 280 g/mol. The fraction of sp³-hybridized carbons (Fsp3) is 0.0625. The molecule has 0 unspecified atom stereocenters. The van der Waals surface area contributed by atoms with Gasteiger partial charge < -0.3 is 9.84 Å². The zero-order chi connectivity index (χ0) is 14.8. The molecule has 0 saturated heterocycles. The predicted octanol–water partition coefficient (Wildman–Crippen LogP) is 3.43. The largest absolute Gasteiger partial charge is 0.478 e. The van der Waals surface area contributed by atoms with Crippen LogP contribution in [0.15, 0.2) is 48.7 Å². The van der Waals surface area contributed by atoms with Crippen molar-refractivity contribution in [3.05, 3.63) is 59.9 Å². The minimum absolute atomic E-state index is 0.168. The maximum absolute atomic E-state index is 11.0. The fourth-order valence-corrected chi connectivity index (χ4v) is 2.10. The minimum Gasteiger partial charge on any atom is -0.478 e. The van der Waals surface area contributed by atoms with Crippen molar-refractivity contribution in [3.8, 4) is 11.6 Å². The Labute approximate surface area is 120 Å². The Morgan fingerprint density at radius 1 is 1.14 bits per heavy atom. The number of carbonyl (C=O) groups is 1. The van der Waals surface area contributed by atoms with Gasteiger partial charge in [0.1, 0.15) is 5.75 Å². The zero-order valence-electron chi connectivity index (χ0n) is 11.3. The predicted molar refractivity (Wildman–Crippen MR) is 77.8 cm³/mol. The molecule has 2 heterocycles. The lowest BCUT2D eigenvalue weighted by atomic mass is 10.2. The van der Waals surface area contributed by atoms with Gasteiger partial charge in [-0.3, -0.25) is 4.98 Å². The van der Waals surface area contributed by atoms with Gasteiger partial charge in [-0.1, -0.05) is 6.07 Å². The first kappa shape index (κ1) is 13.1. The number of aromatic carboxylic acids is 1. The smallest absolute Gasteiger partial charge is 0.337 e. The molecule has 3 aromatic rings. The maximum Gasteiger partial charge on any atom is 0.337 e. The van der Waals surface area contributed by atoms with Crippen LogP contribution >= 0.6 is 0 Å². The number of pyridine rings is 2. The summed E-state index contributed by atoms with van der Waals surface area (Å²) in [5.74, 6) is -0.00895. The van der Waals surface area contributed by atoms with Crippen LogP contribution in [0.25, 0.3) is 10.9 Å². The third-order valence-corrected chi connectivity index (χ3v) is 3.11. The first-order valence-electron chi connectivity index (χ1n) is 6.38. The van der Waals surface area contributed by atoms with Crippen LogP contribution in [0.5, 0.6) is 11.6 Å². The van der Waals surface area contributed by atoms with Gasteiger partial charge in [-0.15, -0.1) is 0 Å². The number of carboxylic acids is 1. The van der Waals surface area contributed by atoms with Gasteiger partial charge >= 0.3 is 5.97 Å². The summed E-state index contributed by atoms with van der Waals surface area (Å²) < 4.78 is 5.76. The van der Waals surface area contributed by atoms with E-state index in [1.165, 1.54) is 6.07 Å². The lowest BCUT2D eigenvalue weighted by Crippen LogP contribution is -2.02. The monoisotopic (exact) mass is 280 g/mol. The molecular weight excluding hydrogens is 268 g/mol. The van der Waals surface area contributed by atoms with Crippen LogP contribution in [0.2, 0.25) is 0 Å². The number of hydrogen-bond donors (Lipinski definition) is 1. The topological polar surface area (TPSA) is 72.3 Å². The summed E-state index contributed by atoms with van der Waals surface area (Å²) in [4.78, 5) is 19.4. The standard InChI is InChI=1S/C16H12N2O3/c1-10-11(16(19)20)7-8-15(18-10)21-14-6-2-5-13-12(14)4-3-9-17-13/h2-9H,1H3,(H,19,20). The Balaban J connectivity index is 1.99. The highest BCUT2D eigenvalue weighted by atomic mass is 16.5. The van der Waals surface area contributed by atoms with Crippen molar-refractivity contribution in [2.45, 2.75) is 6.92 Å². The van der Waals surface area contributed by atoms with Crippen molar-refractivity contribution < 1.29 is 14.6 Å². The van der Waals surface area contributed by atoms with E-state index >= 15 is 0 Å². The van der Waals surface area contributed by atoms with Crippen LogP contribution in [-0.4, -0.2) is 21.0 Å². The molecule has 21 heavy (non-hydrogen) atoms. The minimum atomic E-state index is -0.999. The Morgan fingerprint density at radius 2 is 2.00 bits per heavy atom. The van der Waals surface area contributed by atoms with Crippen LogP contribution in [0.4, 0.5) is 0 Å². The molecule has 5 nitrogen and oxygen atoms in total. The van der Waals surface area contributed by atoms with Gasteiger partial charge in [0.25, 0.3) is 0 Å². The van der Waals surface area contributed by atoms with Gasteiger partial charge in [0.15, 0.2) is 0 Å². The van der Waals surface area contributed by atoms with Gasteiger partial charge in [-0.2, -0.15) is 0 Å². The van der Waals surface area contributed by atoms with Gasteiger partial charge in [0.2, 0.25) is 5.88 Å². The molecule has 0 bridgehead atoms. The van der Waals surface area contributed by atoms with Crippen LogP contribution < -0.4 is 4.74 Å². The molecule has 3 rings (SSSR count). The van der Waals surface area contributed by atoms with Gasteiger partial charge in [-0.05, 0) is 37.3 Å². The number of nitrogens with zero attached hydrogens (tertiary/aromatic N) is 2. The average Bonchev–Trinajstić information content (AvgIpc) is 2.47. The van der Waals surface area contributed by atoms with Crippen molar-refractivity contribution in [3.63, 3.8) is 0 Å². The third kappa shape index (κ3) is 2.53. The summed E-state index contributed by atoms with van der Waals surface area (Å²) in [6.07, 6.45) is 1.72. The summed E-state index contributed by atoms with van der Waals surface area (Å²) in [7, 11) is 0. The molecule has 5 heteroatoms. The molecule has 0 aliphatic rings. The highest BCUT2D eigenvalue weighted by molar-refractivity contribution is 5.89. The Bertz CT molecular complexity index is 825.